The summed E-state index contributed by atoms with van der Waals surface area (Å²) in [6.45, 7) is 2.54. The van der Waals surface area contributed by atoms with E-state index in [1.165, 1.54) is 16.7 Å². The molecule has 1 amide bonds. The Kier molecular flexibility index (Phi) is 7.24. The molecule has 5 nitrogen and oxygen atoms in total. The number of amides is 1. The molecule has 1 aliphatic rings. The fourth-order valence-corrected chi connectivity index (χ4v) is 3.32. The van der Waals surface area contributed by atoms with Crippen LogP contribution in [0.1, 0.15) is 17.5 Å². The van der Waals surface area contributed by atoms with Gasteiger partial charge in [0.2, 0.25) is 5.91 Å². The fourth-order valence-electron chi connectivity index (χ4n) is 3.32. The SMILES string of the molecule is CN=C(NCC(=O)NCCc1ccccc1)N1CC=C(c2ccccc2)CC1. The van der Waals surface area contributed by atoms with Crippen molar-refractivity contribution in [1.29, 1.82) is 0 Å². The molecule has 1 heterocycles. The molecular formula is C23H28N4O. The minimum Gasteiger partial charge on any atom is -0.354 e. The van der Waals surface area contributed by atoms with Crippen LogP contribution in [0.5, 0.6) is 0 Å². The van der Waals surface area contributed by atoms with E-state index in [4.69, 9.17) is 0 Å². The van der Waals surface area contributed by atoms with Crippen LogP contribution in [0.2, 0.25) is 0 Å². The third-order valence-corrected chi connectivity index (χ3v) is 4.85. The maximum atomic E-state index is 12.1. The Labute approximate surface area is 167 Å². The first-order valence-corrected chi connectivity index (χ1v) is 9.77. The molecule has 0 fully saturated rings. The van der Waals surface area contributed by atoms with Gasteiger partial charge in [0.05, 0.1) is 6.54 Å². The van der Waals surface area contributed by atoms with Crippen LogP contribution in [0.25, 0.3) is 5.57 Å². The first-order chi connectivity index (χ1) is 13.8. The van der Waals surface area contributed by atoms with Crippen LogP contribution in [-0.2, 0) is 11.2 Å². The number of aliphatic imine (C=N–C) groups is 1. The molecule has 0 atom stereocenters. The molecule has 2 aromatic carbocycles. The lowest BCUT2D eigenvalue weighted by atomic mass is 10.00. The number of guanidine groups is 1. The number of hydrogen-bond donors (Lipinski definition) is 2. The summed E-state index contributed by atoms with van der Waals surface area (Å²) in [5.41, 5.74) is 3.87. The minimum atomic E-state index is -0.0189. The molecule has 2 N–H and O–H groups in total. The van der Waals surface area contributed by atoms with Crippen molar-refractivity contribution in [2.75, 3.05) is 33.2 Å². The molecule has 0 aromatic heterocycles. The number of nitrogens with zero attached hydrogens (tertiary/aromatic N) is 2. The van der Waals surface area contributed by atoms with Crippen LogP contribution in [-0.4, -0.2) is 50.0 Å². The van der Waals surface area contributed by atoms with Gasteiger partial charge in [-0.25, -0.2) is 0 Å². The maximum absolute atomic E-state index is 12.1. The lowest BCUT2D eigenvalue weighted by Gasteiger charge is -2.29. The Morgan fingerprint density at radius 1 is 1.04 bits per heavy atom. The Morgan fingerprint density at radius 2 is 1.75 bits per heavy atom. The maximum Gasteiger partial charge on any atom is 0.239 e. The quantitative estimate of drug-likeness (QED) is 0.602. The molecule has 0 unspecified atom stereocenters. The van der Waals surface area contributed by atoms with Gasteiger partial charge in [-0.2, -0.15) is 0 Å². The van der Waals surface area contributed by atoms with Gasteiger partial charge in [-0.15, -0.1) is 0 Å². The molecule has 0 saturated carbocycles. The summed E-state index contributed by atoms with van der Waals surface area (Å²) in [4.78, 5) is 18.6. The van der Waals surface area contributed by atoms with Gasteiger partial charge < -0.3 is 15.5 Å². The summed E-state index contributed by atoms with van der Waals surface area (Å²) in [5, 5.41) is 6.13. The van der Waals surface area contributed by atoms with Gasteiger partial charge in [0.15, 0.2) is 5.96 Å². The Bertz CT molecular complexity index is 815. The summed E-state index contributed by atoms with van der Waals surface area (Å²) in [5.74, 6) is 0.746. The molecule has 3 rings (SSSR count). The lowest BCUT2D eigenvalue weighted by Crippen LogP contribution is -2.47. The van der Waals surface area contributed by atoms with E-state index in [1.54, 1.807) is 7.05 Å². The molecule has 28 heavy (non-hydrogen) atoms. The van der Waals surface area contributed by atoms with Crippen molar-refractivity contribution in [3.63, 3.8) is 0 Å². The van der Waals surface area contributed by atoms with Gasteiger partial charge in [-0.3, -0.25) is 9.79 Å². The predicted octanol–water partition coefficient (Wildman–Crippen LogP) is 2.71. The number of carbonyl (C=O) groups excluding carboxylic acids is 1. The van der Waals surface area contributed by atoms with Gasteiger partial charge in [0.1, 0.15) is 0 Å². The highest BCUT2D eigenvalue weighted by Gasteiger charge is 2.16. The third-order valence-electron chi connectivity index (χ3n) is 4.85. The fraction of sp³-hybridized carbons (Fsp3) is 0.304. The average molecular weight is 377 g/mol. The van der Waals surface area contributed by atoms with Crippen LogP contribution >= 0.6 is 0 Å². The van der Waals surface area contributed by atoms with Crippen molar-refractivity contribution in [3.05, 3.63) is 77.9 Å². The molecule has 0 saturated heterocycles. The molecular weight excluding hydrogens is 348 g/mol. The van der Waals surface area contributed by atoms with Crippen molar-refractivity contribution in [2.24, 2.45) is 4.99 Å². The van der Waals surface area contributed by atoms with E-state index in [1.807, 2.05) is 24.3 Å². The molecule has 1 aliphatic heterocycles. The molecule has 5 heteroatoms. The molecule has 146 valence electrons. The van der Waals surface area contributed by atoms with E-state index in [0.29, 0.717) is 6.54 Å². The standard InChI is InChI=1S/C23H28N4O/c1-24-23(26-18-22(28)25-15-12-19-8-4-2-5-9-19)27-16-13-21(14-17-27)20-10-6-3-7-11-20/h2-11,13H,12,14-18H2,1H3,(H,24,26)(H,25,28). The molecule has 0 spiro atoms. The molecule has 0 bridgehead atoms. The summed E-state index contributed by atoms with van der Waals surface area (Å²) in [6, 6.07) is 20.6. The largest absolute Gasteiger partial charge is 0.354 e. The Morgan fingerprint density at radius 3 is 2.39 bits per heavy atom. The van der Waals surface area contributed by atoms with Gasteiger partial charge in [0, 0.05) is 26.7 Å². The van der Waals surface area contributed by atoms with Gasteiger partial charge in [0.25, 0.3) is 0 Å². The van der Waals surface area contributed by atoms with E-state index in [9.17, 15) is 4.79 Å². The van der Waals surface area contributed by atoms with Crippen LogP contribution in [0.3, 0.4) is 0 Å². The van der Waals surface area contributed by atoms with Crippen LogP contribution in [0.4, 0.5) is 0 Å². The zero-order valence-corrected chi connectivity index (χ0v) is 16.4. The highest BCUT2D eigenvalue weighted by Crippen LogP contribution is 2.21. The first kappa shape index (κ1) is 19.7. The number of benzene rings is 2. The lowest BCUT2D eigenvalue weighted by molar-refractivity contribution is -0.120. The van der Waals surface area contributed by atoms with E-state index in [-0.39, 0.29) is 12.5 Å². The van der Waals surface area contributed by atoms with Crippen molar-refractivity contribution in [2.45, 2.75) is 12.8 Å². The molecule has 0 aliphatic carbocycles. The van der Waals surface area contributed by atoms with Crippen LogP contribution < -0.4 is 10.6 Å². The van der Waals surface area contributed by atoms with Crippen LogP contribution in [0.15, 0.2) is 71.7 Å². The minimum absolute atomic E-state index is 0.0189. The second kappa shape index (κ2) is 10.3. The van der Waals surface area contributed by atoms with Crippen molar-refractivity contribution in [3.8, 4) is 0 Å². The summed E-state index contributed by atoms with van der Waals surface area (Å²) in [6.07, 6.45) is 4.04. The Balaban J connectivity index is 1.42. The zero-order chi connectivity index (χ0) is 19.6. The normalized spacial score (nSPS) is 14.4. The number of hydrogen-bond acceptors (Lipinski definition) is 2. The highest BCUT2D eigenvalue weighted by atomic mass is 16.1. The van der Waals surface area contributed by atoms with E-state index >= 15 is 0 Å². The second-order valence-corrected chi connectivity index (χ2v) is 6.78. The molecule has 2 aromatic rings. The van der Waals surface area contributed by atoms with Gasteiger partial charge >= 0.3 is 0 Å². The van der Waals surface area contributed by atoms with E-state index < -0.39 is 0 Å². The van der Waals surface area contributed by atoms with Crippen molar-refractivity contribution in [1.82, 2.24) is 15.5 Å². The van der Waals surface area contributed by atoms with Gasteiger partial charge in [-0.05, 0) is 29.5 Å². The topological polar surface area (TPSA) is 56.7 Å². The average Bonchev–Trinajstić information content (AvgIpc) is 2.76. The van der Waals surface area contributed by atoms with Crippen molar-refractivity contribution < 1.29 is 4.79 Å². The number of rotatable bonds is 6. The third kappa shape index (κ3) is 5.71. The van der Waals surface area contributed by atoms with Gasteiger partial charge in [-0.1, -0.05) is 66.7 Å². The summed E-state index contributed by atoms with van der Waals surface area (Å²) >= 11 is 0. The van der Waals surface area contributed by atoms with E-state index in [0.717, 1.165) is 31.9 Å². The highest BCUT2D eigenvalue weighted by molar-refractivity contribution is 5.87. The second-order valence-electron chi connectivity index (χ2n) is 6.78. The van der Waals surface area contributed by atoms with Crippen LogP contribution in [0, 0.1) is 0 Å². The summed E-state index contributed by atoms with van der Waals surface area (Å²) in [7, 11) is 1.76. The van der Waals surface area contributed by atoms with Crippen molar-refractivity contribution >= 4 is 17.4 Å². The predicted molar refractivity (Wildman–Crippen MR) is 115 cm³/mol. The molecule has 0 radical (unpaired) electrons. The zero-order valence-electron chi connectivity index (χ0n) is 16.4. The summed E-state index contributed by atoms with van der Waals surface area (Å²) < 4.78 is 0. The first-order valence-electron chi connectivity index (χ1n) is 9.77. The number of nitrogens with one attached hydrogen (secondary N) is 2. The Hall–Kier alpha value is -3.08. The monoisotopic (exact) mass is 376 g/mol. The number of carbonyl (C=O) groups is 1. The smallest absolute Gasteiger partial charge is 0.239 e. The van der Waals surface area contributed by atoms with E-state index in [2.05, 4.69) is 63.0 Å².